The molecule has 36 heavy (non-hydrogen) atoms. The first kappa shape index (κ1) is 27.9. The summed E-state index contributed by atoms with van der Waals surface area (Å²) in [4.78, 5) is 37.3. The third-order valence-corrected chi connectivity index (χ3v) is 5.48. The maximum atomic E-state index is 13.0. The number of fused-ring (bicyclic) bond motifs is 3. The molecule has 1 atom stereocenters. The minimum Gasteiger partial charge on any atom is -0.463 e. The van der Waals surface area contributed by atoms with Crippen LogP contribution in [0.25, 0.3) is 11.1 Å². The van der Waals surface area contributed by atoms with E-state index in [-0.39, 0.29) is 19.1 Å². The van der Waals surface area contributed by atoms with Gasteiger partial charge in [-0.15, -0.1) is 0 Å². The van der Waals surface area contributed by atoms with Gasteiger partial charge in [-0.05, 0) is 43.0 Å². The predicted molar refractivity (Wildman–Crippen MR) is 137 cm³/mol. The maximum absolute atomic E-state index is 13.0. The van der Waals surface area contributed by atoms with Crippen LogP contribution < -0.4 is 10.6 Å². The molecule has 2 aromatic rings. The number of hydrogen-bond acceptors (Lipinski definition) is 6. The van der Waals surface area contributed by atoms with Crippen molar-refractivity contribution in [1.82, 2.24) is 10.6 Å². The number of alkyl halides is 3. The SMILES string of the molecule is CC(C)(C)OC(=O)NCC(NC(=O)OCC(Cl)(Cl)Cl)C(=O)OCC1c2ccccc2-c2ccccc21. The number of rotatable bonds is 7. The predicted octanol–water partition coefficient (Wildman–Crippen LogP) is 5.33. The molecule has 0 spiro atoms. The van der Waals surface area contributed by atoms with Gasteiger partial charge in [0.05, 0.1) is 6.54 Å². The van der Waals surface area contributed by atoms with Gasteiger partial charge < -0.3 is 24.8 Å². The van der Waals surface area contributed by atoms with Gasteiger partial charge in [-0.3, -0.25) is 0 Å². The molecule has 1 aliphatic carbocycles. The van der Waals surface area contributed by atoms with Gasteiger partial charge >= 0.3 is 18.2 Å². The molecule has 0 aliphatic heterocycles. The van der Waals surface area contributed by atoms with Crippen molar-refractivity contribution in [2.45, 2.75) is 42.1 Å². The highest BCUT2D eigenvalue weighted by molar-refractivity contribution is 6.67. The van der Waals surface area contributed by atoms with Gasteiger partial charge in [-0.25, -0.2) is 14.4 Å². The smallest absolute Gasteiger partial charge is 0.408 e. The van der Waals surface area contributed by atoms with Crippen molar-refractivity contribution in [3.63, 3.8) is 0 Å². The number of benzene rings is 2. The molecule has 3 rings (SSSR count). The summed E-state index contributed by atoms with van der Waals surface area (Å²) in [6, 6.07) is 14.5. The zero-order valence-electron chi connectivity index (χ0n) is 20.0. The minimum absolute atomic E-state index is 0.0284. The maximum Gasteiger partial charge on any atom is 0.408 e. The third-order valence-electron chi connectivity index (χ3n) is 5.15. The molecule has 0 heterocycles. The van der Waals surface area contributed by atoms with E-state index < -0.39 is 40.2 Å². The molecule has 0 aromatic heterocycles. The Morgan fingerprint density at radius 2 is 1.44 bits per heavy atom. The summed E-state index contributed by atoms with van der Waals surface area (Å²) in [5, 5.41) is 4.79. The quantitative estimate of drug-likeness (QED) is 0.271. The van der Waals surface area contributed by atoms with Crippen LogP contribution >= 0.6 is 34.8 Å². The van der Waals surface area contributed by atoms with E-state index in [4.69, 9.17) is 49.0 Å². The van der Waals surface area contributed by atoms with Crippen molar-refractivity contribution < 1.29 is 28.6 Å². The number of amides is 2. The number of ether oxygens (including phenoxy) is 3. The van der Waals surface area contributed by atoms with E-state index >= 15 is 0 Å². The van der Waals surface area contributed by atoms with Crippen LogP contribution in [0.15, 0.2) is 48.5 Å². The highest BCUT2D eigenvalue weighted by atomic mass is 35.6. The lowest BCUT2D eigenvalue weighted by molar-refractivity contribution is -0.146. The fourth-order valence-electron chi connectivity index (χ4n) is 3.73. The molecule has 2 amide bonds. The molecule has 0 bridgehead atoms. The third kappa shape index (κ3) is 7.91. The fraction of sp³-hybridized carbons (Fsp3) is 0.400. The first-order chi connectivity index (χ1) is 16.8. The van der Waals surface area contributed by atoms with Crippen LogP contribution in [0.1, 0.15) is 37.8 Å². The van der Waals surface area contributed by atoms with Gasteiger partial charge in [0.15, 0.2) is 0 Å². The normalized spacial score (nSPS) is 13.7. The van der Waals surface area contributed by atoms with E-state index in [1.54, 1.807) is 20.8 Å². The monoisotopic (exact) mass is 556 g/mol. The topological polar surface area (TPSA) is 103 Å². The zero-order valence-corrected chi connectivity index (χ0v) is 22.2. The number of carbonyl (C=O) groups excluding carboxylic acids is 3. The Morgan fingerprint density at radius 1 is 0.889 bits per heavy atom. The molecule has 2 aromatic carbocycles. The van der Waals surface area contributed by atoms with E-state index in [0.29, 0.717) is 0 Å². The molecule has 194 valence electrons. The van der Waals surface area contributed by atoms with Gasteiger partial charge in [-0.1, -0.05) is 83.3 Å². The lowest BCUT2D eigenvalue weighted by Crippen LogP contribution is -2.50. The van der Waals surface area contributed by atoms with Crippen LogP contribution in [-0.4, -0.2) is 53.3 Å². The number of halogens is 3. The molecule has 0 radical (unpaired) electrons. The second-order valence-corrected chi connectivity index (χ2v) is 11.6. The molecule has 2 N–H and O–H groups in total. The highest BCUT2D eigenvalue weighted by Gasteiger charge is 2.32. The average molecular weight is 558 g/mol. The second-order valence-electron chi connectivity index (χ2n) is 9.13. The first-order valence-corrected chi connectivity index (χ1v) is 12.3. The summed E-state index contributed by atoms with van der Waals surface area (Å²) >= 11 is 16.8. The van der Waals surface area contributed by atoms with E-state index in [0.717, 1.165) is 22.3 Å². The Labute approximate surface area is 224 Å². The summed E-state index contributed by atoms with van der Waals surface area (Å²) in [5.41, 5.74) is 3.46. The lowest BCUT2D eigenvalue weighted by atomic mass is 9.98. The molecular weight excluding hydrogens is 531 g/mol. The summed E-state index contributed by atoms with van der Waals surface area (Å²) < 4.78 is 13.8. The summed E-state index contributed by atoms with van der Waals surface area (Å²) in [6.07, 6.45) is -1.79. The second kappa shape index (κ2) is 11.6. The van der Waals surface area contributed by atoms with Crippen LogP contribution in [0, 0.1) is 0 Å². The Hall–Kier alpha value is -2.68. The number of esters is 1. The van der Waals surface area contributed by atoms with Crippen LogP contribution in [0.4, 0.5) is 9.59 Å². The van der Waals surface area contributed by atoms with Gasteiger partial charge in [0, 0.05) is 5.92 Å². The van der Waals surface area contributed by atoms with Crippen LogP contribution in [0.5, 0.6) is 0 Å². The lowest BCUT2D eigenvalue weighted by Gasteiger charge is -2.23. The van der Waals surface area contributed by atoms with Gasteiger partial charge in [0.1, 0.15) is 24.9 Å². The first-order valence-electron chi connectivity index (χ1n) is 11.2. The minimum atomic E-state index is -1.83. The van der Waals surface area contributed by atoms with Gasteiger partial charge in [-0.2, -0.15) is 0 Å². The van der Waals surface area contributed by atoms with E-state index in [1.807, 2.05) is 48.5 Å². The van der Waals surface area contributed by atoms with E-state index in [9.17, 15) is 14.4 Å². The Morgan fingerprint density at radius 3 is 1.97 bits per heavy atom. The Kier molecular flexibility index (Phi) is 8.98. The molecule has 1 unspecified atom stereocenters. The molecule has 0 saturated carbocycles. The van der Waals surface area contributed by atoms with Crippen LogP contribution in [-0.2, 0) is 19.0 Å². The Balaban J connectivity index is 1.69. The summed E-state index contributed by atoms with van der Waals surface area (Å²) in [7, 11) is 0. The van der Waals surface area contributed by atoms with Crippen molar-refractivity contribution in [3.8, 4) is 11.1 Å². The van der Waals surface area contributed by atoms with Crippen molar-refractivity contribution in [3.05, 3.63) is 59.7 Å². The van der Waals surface area contributed by atoms with Crippen LogP contribution in [0.2, 0.25) is 0 Å². The van der Waals surface area contributed by atoms with Crippen LogP contribution in [0.3, 0.4) is 0 Å². The molecule has 0 saturated heterocycles. The van der Waals surface area contributed by atoms with E-state index in [1.165, 1.54) is 0 Å². The molecule has 0 fully saturated rings. The number of alkyl carbamates (subject to hydrolysis) is 2. The van der Waals surface area contributed by atoms with Crippen molar-refractivity contribution in [1.29, 1.82) is 0 Å². The standard InChI is InChI=1S/C25H27Cl3N2O6/c1-24(2,3)36-22(32)29-12-20(30-23(33)35-14-25(26,27)28)21(31)34-13-19-17-10-6-4-8-15(17)16-9-5-7-11-18(16)19/h4-11,19-20H,12-14H2,1-3H3,(H,29,32)(H,30,33). The number of hydrogen-bond donors (Lipinski definition) is 2. The summed E-state index contributed by atoms with van der Waals surface area (Å²) in [6.45, 7) is 4.27. The fourth-order valence-corrected chi connectivity index (χ4v) is 3.89. The molecule has 1 aliphatic rings. The van der Waals surface area contributed by atoms with Crippen molar-refractivity contribution in [2.24, 2.45) is 0 Å². The summed E-state index contributed by atoms with van der Waals surface area (Å²) in [5.74, 6) is -0.962. The highest BCUT2D eigenvalue weighted by Crippen LogP contribution is 2.44. The van der Waals surface area contributed by atoms with Gasteiger partial charge in [0.25, 0.3) is 0 Å². The largest absolute Gasteiger partial charge is 0.463 e. The van der Waals surface area contributed by atoms with Crippen molar-refractivity contribution >= 4 is 53.0 Å². The van der Waals surface area contributed by atoms with Gasteiger partial charge in [0.2, 0.25) is 3.79 Å². The molecule has 11 heteroatoms. The number of nitrogens with one attached hydrogen (secondary N) is 2. The average Bonchev–Trinajstić information content (AvgIpc) is 3.11. The number of carbonyl (C=O) groups is 3. The molecule has 8 nitrogen and oxygen atoms in total. The van der Waals surface area contributed by atoms with Crippen molar-refractivity contribution in [2.75, 3.05) is 19.8 Å². The van der Waals surface area contributed by atoms with E-state index in [2.05, 4.69) is 10.6 Å². The Bertz CT molecular complexity index is 1070. The molecular formula is C25H27Cl3N2O6. The zero-order chi connectivity index (χ0) is 26.5.